The van der Waals surface area contributed by atoms with Crippen LogP contribution in [0.1, 0.15) is 20.3 Å². The predicted octanol–water partition coefficient (Wildman–Crippen LogP) is 2.09. The molecule has 0 spiro atoms. The summed E-state index contributed by atoms with van der Waals surface area (Å²) in [5.41, 5.74) is 0. The summed E-state index contributed by atoms with van der Waals surface area (Å²) < 4.78 is 20.8. The molecule has 0 fully saturated rings. The van der Waals surface area contributed by atoms with E-state index in [1.807, 2.05) is 0 Å². The number of rotatable bonds is 6. The summed E-state index contributed by atoms with van der Waals surface area (Å²) in [5, 5.41) is 0. The maximum Gasteiger partial charge on any atom is 0.327 e. The van der Waals surface area contributed by atoms with Crippen molar-refractivity contribution in [2.24, 2.45) is 5.92 Å². The van der Waals surface area contributed by atoms with Gasteiger partial charge in [0.1, 0.15) is 6.61 Å². The van der Waals surface area contributed by atoms with Gasteiger partial charge in [-0.15, -0.1) is 11.8 Å². The van der Waals surface area contributed by atoms with E-state index in [-0.39, 0.29) is 18.3 Å². The van der Waals surface area contributed by atoms with Crippen LogP contribution in [0.15, 0.2) is 0 Å². The normalized spacial score (nSPS) is 16.0. The standard InChI is InChI=1S/C10H17O4P/c1-5-6-7-9(2)10(11)8-14-15(4,12)13-3/h9H,7-8H2,1-4H3. The van der Waals surface area contributed by atoms with E-state index < -0.39 is 7.60 Å². The second-order valence-corrected chi connectivity index (χ2v) is 5.39. The Hall–Kier alpha value is -0.620. The van der Waals surface area contributed by atoms with Gasteiger partial charge in [-0.25, -0.2) is 0 Å². The van der Waals surface area contributed by atoms with Gasteiger partial charge in [0.25, 0.3) is 0 Å². The van der Waals surface area contributed by atoms with E-state index in [4.69, 9.17) is 4.52 Å². The van der Waals surface area contributed by atoms with Crippen molar-refractivity contribution in [1.29, 1.82) is 0 Å². The Labute approximate surface area is 90.9 Å². The Morgan fingerprint density at radius 1 is 1.53 bits per heavy atom. The highest BCUT2D eigenvalue weighted by Crippen LogP contribution is 2.42. The molecule has 0 aromatic carbocycles. The summed E-state index contributed by atoms with van der Waals surface area (Å²) in [7, 11) is -1.76. The summed E-state index contributed by atoms with van der Waals surface area (Å²) in [6.07, 6.45) is 0.500. The first-order valence-corrected chi connectivity index (χ1v) is 6.62. The van der Waals surface area contributed by atoms with E-state index in [1.54, 1.807) is 13.8 Å². The highest BCUT2D eigenvalue weighted by molar-refractivity contribution is 7.52. The molecule has 0 aliphatic rings. The van der Waals surface area contributed by atoms with Crippen LogP contribution in [0, 0.1) is 17.8 Å². The van der Waals surface area contributed by atoms with Gasteiger partial charge in [0, 0.05) is 26.1 Å². The van der Waals surface area contributed by atoms with E-state index in [1.165, 1.54) is 13.8 Å². The molecule has 0 saturated carbocycles. The zero-order valence-electron chi connectivity index (χ0n) is 9.57. The maximum absolute atomic E-state index is 11.4. The molecule has 2 atom stereocenters. The van der Waals surface area contributed by atoms with Crippen molar-refractivity contribution in [2.75, 3.05) is 20.4 Å². The fourth-order valence-electron chi connectivity index (χ4n) is 0.745. The fraction of sp³-hybridized carbons (Fsp3) is 0.700. The highest BCUT2D eigenvalue weighted by atomic mass is 31.2. The second kappa shape index (κ2) is 6.79. The SMILES string of the molecule is CC#CCC(C)C(=O)COP(C)(=O)OC. The lowest BCUT2D eigenvalue weighted by Gasteiger charge is -2.12. The molecular formula is C10H17O4P. The van der Waals surface area contributed by atoms with Gasteiger partial charge >= 0.3 is 7.60 Å². The molecule has 0 bridgehead atoms. The lowest BCUT2D eigenvalue weighted by molar-refractivity contribution is -0.124. The van der Waals surface area contributed by atoms with Crippen LogP contribution in [-0.2, 0) is 18.4 Å². The van der Waals surface area contributed by atoms with Gasteiger partial charge in [0.2, 0.25) is 0 Å². The quantitative estimate of drug-likeness (QED) is 0.519. The van der Waals surface area contributed by atoms with Gasteiger partial charge < -0.3 is 9.05 Å². The zero-order chi connectivity index (χ0) is 11.9. The van der Waals surface area contributed by atoms with Crippen molar-refractivity contribution < 1.29 is 18.4 Å². The molecule has 0 rings (SSSR count). The van der Waals surface area contributed by atoms with Crippen molar-refractivity contribution in [3.63, 3.8) is 0 Å². The third-order valence-electron chi connectivity index (χ3n) is 1.91. The van der Waals surface area contributed by atoms with E-state index in [2.05, 4.69) is 16.4 Å². The maximum atomic E-state index is 11.4. The summed E-state index contributed by atoms with van der Waals surface area (Å²) in [6.45, 7) is 4.63. The van der Waals surface area contributed by atoms with Gasteiger partial charge in [-0.2, -0.15) is 0 Å². The van der Waals surface area contributed by atoms with Crippen LogP contribution in [0.3, 0.4) is 0 Å². The highest BCUT2D eigenvalue weighted by Gasteiger charge is 2.19. The first-order chi connectivity index (χ1) is 6.93. The zero-order valence-corrected chi connectivity index (χ0v) is 10.5. The topological polar surface area (TPSA) is 52.6 Å². The molecule has 0 N–H and O–H groups in total. The number of ketones is 1. The minimum absolute atomic E-state index is 0.114. The van der Waals surface area contributed by atoms with Crippen LogP contribution in [-0.4, -0.2) is 26.2 Å². The monoisotopic (exact) mass is 232 g/mol. The number of Topliss-reactive ketones (excluding diaryl/α,β-unsaturated/α-hetero) is 1. The van der Waals surface area contributed by atoms with Crippen LogP contribution in [0.5, 0.6) is 0 Å². The van der Waals surface area contributed by atoms with Crippen molar-refractivity contribution in [3.05, 3.63) is 0 Å². The lowest BCUT2D eigenvalue weighted by atomic mass is 10.0. The summed E-state index contributed by atoms with van der Waals surface area (Å²) in [4.78, 5) is 11.4. The average molecular weight is 232 g/mol. The lowest BCUT2D eigenvalue weighted by Crippen LogP contribution is -2.16. The van der Waals surface area contributed by atoms with E-state index in [0.717, 1.165) is 0 Å². The molecule has 0 amide bonds. The third-order valence-corrected chi connectivity index (χ3v) is 3.17. The Balaban J connectivity index is 4.02. The molecule has 0 aromatic heterocycles. The minimum atomic E-state index is -3.05. The number of hydrogen-bond donors (Lipinski definition) is 0. The molecule has 4 nitrogen and oxygen atoms in total. The molecule has 0 saturated heterocycles. The van der Waals surface area contributed by atoms with Crippen LogP contribution in [0.2, 0.25) is 0 Å². The second-order valence-electron chi connectivity index (χ2n) is 3.23. The number of carbonyl (C=O) groups is 1. The third kappa shape index (κ3) is 6.46. The molecular weight excluding hydrogens is 215 g/mol. The summed E-state index contributed by atoms with van der Waals surface area (Å²) in [6, 6.07) is 0. The molecule has 0 aliphatic carbocycles. The van der Waals surface area contributed by atoms with Gasteiger partial charge in [0.05, 0.1) is 0 Å². The van der Waals surface area contributed by atoms with Crippen molar-refractivity contribution >= 4 is 13.4 Å². The number of carbonyl (C=O) groups excluding carboxylic acids is 1. The summed E-state index contributed by atoms with van der Waals surface area (Å²) in [5.74, 6) is 5.21. The van der Waals surface area contributed by atoms with Crippen molar-refractivity contribution in [2.45, 2.75) is 20.3 Å². The van der Waals surface area contributed by atoms with Crippen LogP contribution in [0.4, 0.5) is 0 Å². The van der Waals surface area contributed by atoms with Gasteiger partial charge in [-0.05, 0) is 6.92 Å². The average Bonchev–Trinajstić information content (AvgIpc) is 2.22. The van der Waals surface area contributed by atoms with Gasteiger partial charge in [-0.3, -0.25) is 9.36 Å². The van der Waals surface area contributed by atoms with Gasteiger partial charge in [0.15, 0.2) is 5.78 Å². The molecule has 0 aliphatic heterocycles. The fourth-order valence-corrected chi connectivity index (χ4v) is 1.21. The minimum Gasteiger partial charge on any atom is -0.312 e. The Morgan fingerprint density at radius 2 is 2.13 bits per heavy atom. The Kier molecular flexibility index (Phi) is 6.51. The largest absolute Gasteiger partial charge is 0.327 e. The molecule has 86 valence electrons. The van der Waals surface area contributed by atoms with E-state index in [0.29, 0.717) is 6.42 Å². The molecule has 0 aromatic rings. The van der Waals surface area contributed by atoms with Crippen molar-refractivity contribution in [1.82, 2.24) is 0 Å². The molecule has 0 radical (unpaired) electrons. The van der Waals surface area contributed by atoms with Crippen LogP contribution < -0.4 is 0 Å². The molecule has 0 heterocycles. The van der Waals surface area contributed by atoms with Crippen LogP contribution in [0.25, 0.3) is 0 Å². The van der Waals surface area contributed by atoms with E-state index >= 15 is 0 Å². The smallest absolute Gasteiger partial charge is 0.312 e. The van der Waals surface area contributed by atoms with E-state index in [9.17, 15) is 9.36 Å². The predicted molar refractivity (Wildman–Crippen MR) is 58.7 cm³/mol. The first-order valence-electron chi connectivity index (χ1n) is 4.63. The Morgan fingerprint density at radius 3 is 2.60 bits per heavy atom. The van der Waals surface area contributed by atoms with Gasteiger partial charge in [-0.1, -0.05) is 6.92 Å². The first kappa shape index (κ1) is 14.4. The number of hydrogen-bond acceptors (Lipinski definition) is 4. The molecule has 15 heavy (non-hydrogen) atoms. The van der Waals surface area contributed by atoms with Crippen LogP contribution >= 0.6 is 7.60 Å². The molecule has 5 heteroatoms. The Bertz CT molecular complexity index is 313. The molecule has 2 unspecified atom stereocenters. The van der Waals surface area contributed by atoms with Crippen molar-refractivity contribution in [3.8, 4) is 11.8 Å². The summed E-state index contributed by atoms with van der Waals surface area (Å²) >= 11 is 0.